The average Bonchev–Trinajstić information content (AvgIpc) is 3.49. The maximum absolute atomic E-state index is 5.17. The van der Waals surface area contributed by atoms with Gasteiger partial charge in [0.15, 0.2) is 5.96 Å². The maximum atomic E-state index is 5.17. The van der Waals surface area contributed by atoms with Crippen molar-refractivity contribution in [3.8, 4) is 0 Å². The van der Waals surface area contributed by atoms with Gasteiger partial charge in [-0.2, -0.15) is 0 Å². The molecule has 1 heterocycles. The highest BCUT2D eigenvalue weighted by atomic mass is 16.5. The van der Waals surface area contributed by atoms with Crippen molar-refractivity contribution in [2.24, 2.45) is 4.99 Å². The highest BCUT2D eigenvalue weighted by molar-refractivity contribution is 5.81. The van der Waals surface area contributed by atoms with Crippen LogP contribution in [0.15, 0.2) is 29.3 Å². The molecule has 2 N–H and O–H groups in total. The highest BCUT2D eigenvalue weighted by Crippen LogP contribution is 2.41. The largest absolute Gasteiger partial charge is 0.385 e. The summed E-state index contributed by atoms with van der Waals surface area (Å²) in [6, 6.07) is 10.2. The molecule has 5 heteroatoms. The molecule has 162 valence electrons. The molecule has 0 spiro atoms. The fourth-order valence-corrected chi connectivity index (χ4v) is 4.24. The Balaban J connectivity index is 1.44. The third-order valence-electron chi connectivity index (χ3n) is 6.21. The molecule has 2 aliphatic rings. The molecule has 5 nitrogen and oxygen atoms in total. The standard InChI is InChI=1S/C24H40N4O/c1-5-25-24(26-21-11-14-28(15-12-21)13-6-16-29-4)27-23-17-22(23)20-9-7-19(8-10-20)18(2)3/h7-10,18,21-23H,5-6,11-17H2,1-4H3,(H2,25,26,27). The fourth-order valence-electron chi connectivity index (χ4n) is 4.24. The predicted octanol–water partition coefficient (Wildman–Crippen LogP) is 3.72. The van der Waals surface area contributed by atoms with Gasteiger partial charge in [0, 0.05) is 57.9 Å². The van der Waals surface area contributed by atoms with Gasteiger partial charge in [0.05, 0.1) is 0 Å². The van der Waals surface area contributed by atoms with Gasteiger partial charge in [-0.1, -0.05) is 38.1 Å². The second-order valence-corrected chi connectivity index (χ2v) is 8.84. The number of ether oxygens (including phenoxy) is 1. The zero-order valence-electron chi connectivity index (χ0n) is 18.8. The Bertz CT molecular complexity index is 635. The number of nitrogens with zero attached hydrogens (tertiary/aromatic N) is 2. The van der Waals surface area contributed by atoms with Crippen molar-refractivity contribution in [1.82, 2.24) is 15.5 Å². The zero-order chi connectivity index (χ0) is 20.6. The van der Waals surface area contributed by atoms with Crippen LogP contribution >= 0.6 is 0 Å². The Morgan fingerprint density at radius 3 is 2.52 bits per heavy atom. The van der Waals surface area contributed by atoms with Gasteiger partial charge in [-0.3, -0.25) is 4.99 Å². The molecular weight excluding hydrogens is 360 g/mol. The number of methoxy groups -OCH3 is 1. The lowest BCUT2D eigenvalue weighted by Gasteiger charge is -2.33. The quantitative estimate of drug-likeness (QED) is 0.377. The number of hydrogen-bond donors (Lipinski definition) is 2. The molecule has 0 radical (unpaired) electrons. The summed E-state index contributed by atoms with van der Waals surface area (Å²) in [5.74, 6) is 2.20. The van der Waals surface area contributed by atoms with Crippen LogP contribution in [0.25, 0.3) is 0 Å². The first-order chi connectivity index (χ1) is 14.1. The van der Waals surface area contributed by atoms with Gasteiger partial charge < -0.3 is 20.3 Å². The Morgan fingerprint density at radius 1 is 1.17 bits per heavy atom. The third kappa shape index (κ3) is 6.71. The minimum absolute atomic E-state index is 0.506. The number of guanidine groups is 1. The van der Waals surface area contributed by atoms with Crippen LogP contribution in [0.5, 0.6) is 0 Å². The highest BCUT2D eigenvalue weighted by Gasteiger charge is 2.39. The van der Waals surface area contributed by atoms with E-state index in [1.54, 1.807) is 7.11 Å². The molecule has 2 fully saturated rings. The Hall–Kier alpha value is -1.59. The second-order valence-electron chi connectivity index (χ2n) is 8.84. The molecule has 2 unspecified atom stereocenters. The van der Waals surface area contributed by atoms with Crippen molar-refractivity contribution in [2.75, 3.05) is 39.9 Å². The molecule has 29 heavy (non-hydrogen) atoms. The summed E-state index contributed by atoms with van der Waals surface area (Å²) in [6.07, 6.45) is 4.69. The van der Waals surface area contributed by atoms with Crippen molar-refractivity contribution in [1.29, 1.82) is 0 Å². The van der Waals surface area contributed by atoms with Gasteiger partial charge in [0.1, 0.15) is 0 Å². The van der Waals surface area contributed by atoms with Crippen LogP contribution in [0, 0.1) is 0 Å². The topological polar surface area (TPSA) is 48.9 Å². The van der Waals surface area contributed by atoms with Crippen LogP contribution in [0.1, 0.15) is 69.4 Å². The van der Waals surface area contributed by atoms with Gasteiger partial charge in [-0.15, -0.1) is 0 Å². The summed E-state index contributed by atoms with van der Waals surface area (Å²) in [5, 5.41) is 7.39. The van der Waals surface area contributed by atoms with Gasteiger partial charge in [0.25, 0.3) is 0 Å². The SMILES string of the molecule is CCN=C(NC1CCN(CCCOC)CC1)NC1CC1c1ccc(C(C)C)cc1. The normalized spacial score (nSPS) is 23.4. The Kier molecular flexibility index (Phi) is 8.37. The summed E-state index contributed by atoms with van der Waals surface area (Å²) in [6.45, 7) is 11.7. The molecule has 1 saturated carbocycles. The number of nitrogens with one attached hydrogen (secondary N) is 2. The maximum Gasteiger partial charge on any atom is 0.191 e. The van der Waals surface area contributed by atoms with Crippen LogP contribution in [-0.4, -0.2) is 62.8 Å². The molecule has 0 aromatic heterocycles. The van der Waals surface area contributed by atoms with E-state index in [1.165, 1.54) is 30.4 Å². The molecule has 2 atom stereocenters. The summed E-state index contributed by atoms with van der Waals surface area (Å²) in [4.78, 5) is 7.26. The van der Waals surface area contributed by atoms with E-state index in [2.05, 4.69) is 60.6 Å². The minimum Gasteiger partial charge on any atom is -0.385 e. The number of aliphatic imine (C=N–C) groups is 1. The second kappa shape index (κ2) is 11.0. The first-order valence-corrected chi connectivity index (χ1v) is 11.5. The molecule has 1 aliphatic carbocycles. The van der Waals surface area contributed by atoms with Gasteiger partial charge >= 0.3 is 0 Å². The van der Waals surface area contributed by atoms with Crippen LogP contribution in [-0.2, 0) is 4.74 Å². The van der Waals surface area contributed by atoms with Gasteiger partial charge in [0.2, 0.25) is 0 Å². The van der Waals surface area contributed by atoms with Crippen molar-refractivity contribution in [3.05, 3.63) is 35.4 Å². The van der Waals surface area contributed by atoms with E-state index >= 15 is 0 Å². The predicted molar refractivity (Wildman–Crippen MR) is 122 cm³/mol. The molecule has 1 aromatic carbocycles. The van der Waals surface area contributed by atoms with E-state index in [4.69, 9.17) is 9.73 Å². The van der Waals surface area contributed by atoms with E-state index in [0.29, 0.717) is 23.9 Å². The minimum atomic E-state index is 0.506. The van der Waals surface area contributed by atoms with E-state index < -0.39 is 0 Å². The van der Waals surface area contributed by atoms with Crippen LogP contribution in [0.2, 0.25) is 0 Å². The van der Waals surface area contributed by atoms with Crippen LogP contribution < -0.4 is 10.6 Å². The van der Waals surface area contributed by atoms with Crippen LogP contribution in [0.3, 0.4) is 0 Å². The lowest BCUT2D eigenvalue weighted by Crippen LogP contribution is -2.49. The van der Waals surface area contributed by atoms with E-state index in [-0.39, 0.29) is 0 Å². The smallest absolute Gasteiger partial charge is 0.191 e. The molecule has 0 bridgehead atoms. The summed E-state index contributed by atoms with van der Waals surface area (Å²) >= 11 is 0. The molecule has 1 aromatic rings. The number of piperidine rings is 1. The number of hydrogen-bond acceptors (Lipinski definition) is 3. The van der Waals surface area contributed by atoms with Gasteiger partial charge in [-0.25, -0.2) is 0 Å². The Morgan fingerprint density at radius 2 is 1.90 bits per heavy atom. The van der Waals surface area contributed by atoms with Crippen molar-refractivity contribution in [3.63, 3.8) is 0 Å². The van der Waals surface area contributed by atoms with Crippen molar-refractivity contribution < 1.29 is 4.74 Å². The molecule has 0 amide bonds. The number of rotatable bonds is 9. The molecule has 1 aliphatic heterocycles. The monoisotopic (exact) mass is 400 g/mol. The molecular formula is C24H40N4O. The summed E-state index contributed by atoms with van der Waals surface area (Å²) in [5.41, 5.74) is 2.87. The lowest BCUT2D eigenvalue weighted by molar-refractivity contribution is 0.155. The van der Waals surface area contributed by atoms with Crippen molar-refractivity contribution in [2.45, 2.75) is 70.4 Å². The average molecular weight is 401 g/mol. The zero-order valence-corrected chi connectivity index (χ0v) is 18.8. The fraction of sp³-hybridized carbons (Fsp3) is 0.708. The van der Waals surface area contributed by atoms with E-state index in [1.807, 2.05) is 0 Å². The first-order valence-electron chi connectivity index (χ1n) is 11.5. The van der Waals surface area contributed by atoms with Crippen molar-refractivity contribution >= 4 is 5.96 Å². The number of benzene rings is 1. The van der Waals surface area contributed by atoms with Gasteiger partial charge in [-0.05, 0) is 49.7 Å². The number of likely N-dealkylation sites (tertiary alicyclic amines) is 1. The Labute approximate surface area is 177 Å². The summed E-state index contributed by atoms with van der Waals surface area (Å²) < 4.78 is 5.17. The van der Waals surface area contributed by atoms with E-state index in [0.717, 1.165) is 45.2 Å². The van der Waals surface area contributed by atoms with E-state index in [9.17, 15) is 0 Å². The third-order valence-corrected chi connectivity index (χ3v) is 6.21. The first kappa shape index (κ1) is 22.1. The lowest BCUT2D eigenvalue weighted by atomic mass is 10.0. The molecule has 3 rings (SSSR count). The van der Waals surface area contributed by atoms with Crippen LogP contribution in [0.4, 0.5) is 0 Å². The molecule has 1 saturated heterocycles. The summed E-state index contributed by atoms with van der Waals surface area (Å²) in [7, 11) is 1.78.